The average molecular weight is 323 g/mol. The molecule has 0 saturated carbocycles. The van der Waals surface area contributed by atoms with Gasteiger partial charge in [0.2, 0.25) is 5.91 Å². The molecule has 122 valence electrons. The minimum absolute atomic E-state index is 0.176. The molecule has 0 atom stereocenters. The van der Waals surface area contributed by atoms with E-state index in [0.717, 1.165) is 10.8 Å². The first kappa shape index (κ1) is 16.9. The van der Waals surface area contributed by atoms with Gasteiger partial charge >= 0.3 is 0 Å². The van der Waals surface area contributed by atoms with Crippen molar-refractivity contribution in [3.05, 3.63) is 60.8 Å². The Bertz CT molecular complexity index is 874. The lowest BCUT2D eigenvalue weighted by atomic mass is 10.2. The Hall–Kier alpha value is -3.48. The van der Waals surface area contributed by atoms with Crippen molar-refractivity contribution in [3.8, 4) is 0 Å². The molecule has 1 aromatic heterocycles. The maximum Gasteiger partial charge on any atom is 0.294 e. The van der Waals surface area contributed by atoms with E-state index in [1.807, 2.05) is 24.3 Å². The number of hydrogen-bond donors (Lipinski definition) is 3. The van der Waals surface area contributed by atoms with Crippen LogP contribution in [0, 0.1) is 0 Å². The van der Waals surface area contributed by atoms with Gasteiger partial charge in [0.1, 0.15) is 5.82 Å². The Labute approximate surface area is 138 Å². The number of allylic oxidation sites excluding steroid dienone is 2. The highest BCUT2D eigenvalue weighted by molar-refractivity contribution is 6.05. The second-order valence-corrected chi connectivity index (χ2v) is 4.85. The fraction of sp³-hybridized carbons (Fsp3) is 0.0588. The van der Waals surface area contributed by atoms with Gasteiger partial charge in [-0.25, -0.2) is 0 Å². The summed E-state index contributed by atoms with van der Waals surface area (Å²) in [6.07, 6.45) is 5.97. The molecular weight excluding hydrogens is 306 g/mol. The van der Waals surface area contributed by atoms with E-state index in [2.05, 4.69) is 27.1 Å². The number of carbonyl (C=O) groups excluding carboxylic acids is 2. The number of anilines is 1. The number of hydrogen-bond acceptors (Lipinski definition) is 4. The maximum atomic E-state index is 11.9. The summed E-state index contributed by atoms with van der Waals surface area (Å²) in [5.74, 6) is 0.0945. The molecule has 2 rings (SSSR count). The lowest BCUT2D eigenvalue weighted by Gasteiger charge is -1.97. The number of H-pyrrole nitrogens is 1. The van der Waals surface area contributed by atoms with Crippen LogP contribution in [0.5, 0.6) is 0 Å². The Balaban J connectivity index is 2.27. The topological polar surface area (TPSA) is 113 Å². The normalized spacial score (nSPS) is 11.7. The number of fused-ring (bicyclic) bond motifs is 1. The van der Waals surface area contributed by atoms with Gasteiger partial charge in [0.25, 0.3) is 5.91 Å². The van der Waals surface area contributed by atoms with Crippen molar-refractivity contribution in [1.82, 2.24) is 4.98 Å². The number of nitrogens with two attached hydrogens (primary N) is 1. The number of aromatic amines is 1. The van der Waals surface area contributed by atoms with Crippen molar-refractivity contribution in [2.45, 2.75) is 6.92 Å². The number of nitrogens with one attached hydrogen (secondary N) is 2. The number of nitrogens with zero attached hydrogens (tertiary/aromatic N) is 2. The van der Waals surface area contributed by atoms with Gasteiger partial charge in [0.15, 0.2) is 5.82 Å². The van der Waals surface area contributed by atoms with E-state index in [9.17, 15) is 9.59 Å². The minimum Gasteiger partial charge on any atom is -0.405 e. The third-order valence-corrected chi connectivity index (χ3v) is 3.03. The molecule has 0 fully saturated rings. The molecule has 0 aliphatic heterocycles. The summed E-state index contributed by atoms with van der Waals surface area (Å²) >= 11 is 0. The first-order valence-corrected chi connectivity index (χ1v) is 7.11. The molecule has 4 N–H and O–H groups in total. The van der Waals surface area contributed by atoms with Gasteiger partial charge in [-0.2, -0.15) is 0 Å². The highest BCUT2D eigenvalue weighted by atomic mass is 16.2. The summed E-state index contributed by atoms with van der Waals surface area (Å²) in [5.41, 5.74) is 5.37. The first-order valence-electron chi connectivity index (χ1n) is 7.11. The van der Waals surface area contributed by atoms with Crippen LogP contribution in [0.15, 0.2) is 71.1 Å². The van der Waals surface area contributed by atoms with Gasteiger partial charge < -0.3 is 16.0 Å². The monoisotopic (exact) mass is 323 g/mol. The molecule has 0 bridgehead atoms. The Kier molecular flexibility index (Phi) is 5.40. The maximum absolute atomic E-state index is 11.9. The SMILES string of the molecule is C=C(/C=C\C=C/N)C(=O)N=Nc1[nH]c(NC(C)=O)c2ccccc12. The van der Waals surface area contributed by atoms with Gasteiger partial charge in [-0.15, -0.1) is 10.2 Å². The molecule has 7 heteroatoms. The van der Waals surface area contributed by atoms with Crippen LogP contribution in [0.1, 0.15) is 6.92 Å². The summed E-state index contributed by atoms with van der Waals surface area (Å²) in [6, 6.07) is 7.32. The van der Waals surface area contributed by atoms with Gasteiger partial charge in [-0.3, -0.25) is 9.59 Å². The molecule has 2 aromatic rings. The Morgan fingerprint density at radius 3 is 2.62 bits per heavy atom. The fourth-order valence-corrected chi connectivity index (χ4v) is 1.98. The second-order valence-electron chi connectivity index (χ2n) is 4.85. The highest BCUT2D eigenvalue weighted by Crippen LogP contribution is 2.32. The molecule has 0 spiro atoms. The molecule has 2 amide bonds. The number of carbonyl (C=O) groups is 2. The van der Waals surface area contributed by atoms with Crippen LogP contribution >= 0.6 is 0 Å². The molecule has 1 aromatic carbocycles. The summed E-state index contributed by atoms with van der Waals surface area (Å²) < 4.78 is 0. The highest BCUT2D eigenvalue weighted by Gasteiger charge is 2.11. The van der Waals surface area contributed by atoms with Gasteiger partial charge in [-0.05, 0) is 18.4 Å². The lowest BCUT2D eigenvalue weighted by Crippen LogP contribution is -2.05. The van der Waals surface area contributed by atoms with Crippen LogP contribution in [-0.2, 0) is 9.59 Å². The molecule has 0 radical (unpaired) electrons. The Morgan fingerprint density at radius 2 is 1.96 bits per heavy atom. The zero-order valence-corrected chi connectivity index (χ0v) is 13.1. The zero-order chi connectivity index (χ0) is 17.5. The largest absolute Gasteiger partial charge is 0.405 e. The van der Waals surface area contributed by atoms with Crippen molar-refractivity contribution in [3.63, 3.8) is 0 Å². The van der Waals surface area contributed by atoms with Gasteiger partial charge in [0.05, 0.1) is 0 Å². The van der Waals surface area contributed by atoms with E-state index in [1.165, 1.54) is 19.2 Å². The zero-order valence-electron chi connectivity index (χ0n) is 13.1. The van der Waals surface area contributed by atoms with Crippen LogP contribution in [0.2, 0.25) is 0 Å². The van der Waals surface area contributed by atoms with Crippen molar-refractivity contribution < 1.29 is 9.59 Å². The van der Waals surface area contributed by atoms with Gasteiger partial charge in [0, 0.05) is 23.3 Å². The van der Waals surface area contributed by atoms with Crippen LogP contribution in [-0.4, -0.2) is 16.8 Å². The molecule has 24 heavy (non-hydrogen) atoms. The predicted octanol–water partition coefficient (Wildman–Crippen LogP) is 3.32. The number of benzene rings is 1. The van der Waals surface area contributed by atoms with E-state index in [1.54, 1.807) is 12.2 Å². The summed E-state index contributed by atoms with van der Waals surface area (Å²) in [5, 5.41) is 11.8. The number of amides is 2. The summed E-state index contributed by atoms with van der Waals surface area (Å²) in [6.45, 7) is 5.02. The molecule has 0 saturated heterocycles. The summed E-state index contributed by atoms with van der Waals surface area (Å²) in [4.78, 5) is 26.1. The van der Waals surface area contributed by atoms with Crippen LogP contribution in [0.4, 0.5) is 11.6 Å². The van der Waals surface area contributed by atoms with Crippen molar-refractivity contribution >= 4 is 34.2 Å². The van der Waals surface area contributed by atoms with E-state index in [4.69, 9.17) is 5.73 Å². The molecule has 0 unspecified atom stereocenters. The number of azo groups is 1. The predicted molar refractivity (Wildman–Crippen MR) is 93.7 cm³/mol. The molecule has 0 aliphatic carbocycles. The molecular formula is C17H17N5O2. The van der Waals surface area contributed by atoms with Crippen molar-refractivity contribution in [1.29, 1.82) is 0 Å². The standard InChI is InChI=1S/C17H17N5O2/c1-11(7-5-6-10-18)17(24)22-21-16-14-9-4-3-8-13(14)15(20-16)19-12(2)23/h3-10,20H,1,18H2,2H3,(H,19,23)/b7-5-,10-6-,22-21?. The number of aromatic nitrogens is 1. The van der Waals surface area contributed by atoms with Gasteiger partial charge in [-0.1, -0.05) is 36.9 Å². The quantitative estimate of drug-likeness (QED) is 0.445. The van der Waals surface area contributed by atoms with Crippen LogP contribution in [0.3, 0.4) is 0 Å². The summed E-state index contributed by atoms with van der Waals surface area (Å²) in [7, 11) is 0. The lowest BCUT2D eigenvalue weighted by molar-refractivity contribution is -0.115. The Morgan fingerprint density at radius 1 is 1.25 bits per heavy atom. The third kappa shape index (κ3) is 4.04. The minimum atomic E-state index is -0.573. The smallest absolute Gasteiger partial charge is 0.294 e. The fourth-order valence-electron chi connectivity index (χ4n) is 1.98. The van der Waals surface area contributed by atoms with E-state index < -0.39 is 5.91 Å². The second kappa shape index (κ2) is 7.68. The van der Waals surface area contributed by atoms with Crippen molar-refractivity contribution in [2.75, 3.05) is 5.32 Å². The van der Waals surface area contributed by atoms with E-state index in [0.29, 0.717) is 11.6 Å². The number of rotatable bonds is 5. The van der Waals surface area contributed by atoms with E-state index in [-0.39, 0.29) is 11.5 Å². The molecule has 0 aliphatic rings. The molecule has 1 heterocycles. The average Bonchev–Trinajstić information content (AvgIpc) is 2.90. The van der Waals surface area contributed by atoms with Crippen LogP contribution in [0.25, 0.3) is 10.8 Å². The van der Waals surface area contributed by atoms with Crippen molar-refractivity contribution in [2.24, 2.45) is 16.0 Å². The van der Waals surface area contributed by atoms with E-state index >= 15 is 0 Å². The van der Waals surface area contributed by atoms with Crippen LogP contribution < -0.4 is 11.1 Å². The first-order chi connectivity index (χ1) is 11.5. The third-order valence-electron chi connectivity index (χ3n) is 3.03. The molecule has 7 nitrogen and oxygen atoms in total.